The molecule has 0 aliphatic carbocycles. The van der Waals surface area contributed by atoms with Crippen LogP contribution in [0.5, 0.6) is 0 Å². The van der Waals surface area contributed by atoms with Crippen LogP contribution in [0.4, 0.5) is 0 Å². The van der Waals surface area contributed by atoms with Gasteiger partial charge in [0.05, 0.1) is 17.9 Å². The number of carbonyl (C=O) groups is 1. The first kappa shape index (κ1) is 15.6. The van der Waals surface area contributed by atoms with E-state index < -0.39 is 0 Å². The lowest BCUT2D eigenvalue weighted by Gasteiger charge is -2.03. The van der Waals surface area contributed by atoms with Gasteiger partial charge in [-0.1, -0.05) is 13.0 Å². The summed E-state index contributed by atoms with van der Waals surface area (Å²) in [6, 6.07) is 5.64. The van der Waals surface area contributed by atoms with Crippen LogP contribution in [0.25, 0.3) is 10.2 Å². The van der Waals surface area contributed by atoms with Gasteiger partial charge in [-0.25, -0.2) is 10.4 Å². The van der Waals surface area contributed by atoms with E-state index >= 15 is 0 Å². The van der Waals surface area contributed by atoms with Crippen molar-refractivity contribution in [2.45, 2.75) is 19.9 Å². The molecule has 1 amide bonds. The van der Waals surface area contributed by atoms with Crippen molar-refractivity contribution in [1.82, 2.24) is 15.0 Å². The molecule has 0 spiro atoms. The Morgan fingerprint density at radius 3 is 3.13 bits per heavy atom. The number of nitrogens with zero attached hydrogens (tertiary/aromatic N) is 3. The molecule has 23 heavy (non-hydrogen) atoms. The van der Waals surface area contributed by atoms with Gasteiger partial charge >= 0.3 is 0 Å². The highest BCUT2D eigenvalue weighted by molar-refractivity contribution is 7.18. The highest BCUT2D eigenvalue weighted by Gasteiger charge is 2.10. The molecule has 0 aliphatic heterocycles. The van der Waals surface area contributed by atoms with Crippen LogP contribution in [0.2, 0.25) is 0 Å². The fourth-order valence-electron chi connectivity index (χ4n) is 2.02. The van der Waals surface area contributed by atoms with Gasteiger partial charge < -0.3 is 0 Å². The van der Waals surface area contributed by atoms with Crippen molar-refractivity contribution < 1.29 is 4.79 Å². The predicted molar refractivity (Wildman–Crippen MR) is 93.3 cm³/mol. The number of hydrazone groups is 1. The van der Waals surface area contributed by atoms with Crippen molar-refractivity contribution in [1.29, 1.82) is 0 Å². The van der Waals surface area contributed by atoms with Crippen LogP contribution < -0.4 is 11.0 Å². The average Bonchev–Trinajstić information content (AvgIpc) is 3.19. The van der Waals surface area contributed by atoms with Gasteiger partial charge in [0.1, 0.15) is 11.4 Å². The number of nitrogens with one attached hydrogen (secondary N) is 1. The molecule has 3 rings (SSSR count). The minimum absolute atomic E-state index is 0.110. The first-order chi connectivity index (χ1) is 11.2. The fraction of sp³-hybridized carbons (Fsp3) is 0.200. The minimum atomic E-state index is -0.369. The summed E-state index contributed by atoms with van der Waals surface area (Å²) in [5, 5.41) is 6.36. The second-order valence-electron chi connectivity index (χ2n) is 4.77. The second kappa shape index (κ2) is 6.84. The summed E-state index contributed by atoms with van der Waals surface area (Å²) in [5.41, 5.74) is 2.21. The first-order valence-corrected chi connectivity index (χ1v) is 8.70. The van der Waals surface area contributed by atoms with E-state index in [0.29, 0.717) is 10.2 Å². The molecule has 8 heteroatoms. The Labute approximate surface area is 140 Å². The normalized spacial score (nSPS) is 11.3. The van der Waals surface area contributed by atoms with Crippen molar-refractivity contribution in [2.24, 2.45) is 5.10 Å². The van der Waals surface area contributed by atoms with E-state index in [0.717, 1.165) is 16.2 Å². The third-order valence-electron chi connectivity index (χ3n) is 3.16. The Morgan fingerprint density at radius 1 is 1.52 bits per heavy atom. The molecule has 0 saturated carbocycles. The Morgan fingerprint density at radius 2 is 2.39 bits per heavy atom. The molecule has 0 radical (unpaired) electrons. The maximum atomic E-state index is 12.4. The van der Waals surface area contributed by atoms with Gasteiger partial charge in [-0.2, -0.15) is 5.10 Å². The molecular weight excluding hydrogens is 332 g/mol. The number of hydrogen-bond donors (Lipinski definition) is 1. The van der Waals surface area contributed by atoms with Crippen LogP contribution in [-0.4, -0.2) is 21.7 Å². The van der Waals surface area contributed by atoms with Crippen molar-refractivity contribution in [3.63, 3.8) is 0 Å². The molecule has 0 saturated heterocycles. The van der Waals surface area contributed by atoms with E-state index in [1.54, 1.807) is 6.21 Å². The molecule has 0 aliphatic rings. The molecule has 3 heterocycles. The summed E-state index contributed by atoms with van der Waals surface area (Å²) < 4.78 is 1.30. The highest BCUT2D eigenvalue weighted by Crippen LogP contribution is 2.20. The molecule has 0 fully saturated rings. The van der Waals surface area contributed by atoms with Gasteiger partial charge in [0.15, 0.2) is 0 Å². The van der Waals surface area contributed by atoms with E-state index in [-0.39, 0.29) is 18.0 Å². The van der Waals surface area contributed by atoms with Crippen molar-refractivity contribution in [2.75, 3.05) is 0 Å². The van der Waals surface area contributed by atoms with Gasteiger partial charge in [-0.3, -0.25) is 14.2 Å². The summed E-state index contributed by atoms with van der Waals surface area (Å²) >= 11 is 3.03. The molecule has 1 N–H and O–H groups in total. The highest BCUT2D eigenvalue weighted by atomic mass is 32.1. The minimum Gasteiger partial charge on any atom is -0.289 e. The summed E-state index contributed by atoms with van der Waals surface area (Å²) in [7, 11) is 0. The predicted octanol–water partition coefficient (Wildman–Crippen LogP) is 2.23. The van der Waals surface area contributed by atoms with E-state index in [4.69, 9.17) is 0 Å². The van der Waals surface area contributed by atoms with E-state index in [1.165, 1.54) is 33.6 Å². The Hall–Kier alpha value is -2.32. The Bertz CT molecular complexity index is 909. The molecule has 3 aromatic heterocycles. The summed E-state index contributed by atoms with van der Waals surface area (Å²) in [5.74, 6) is -0.369. The lowest BCUT2D eigenvalue weighted by molar-refractivity contribution is -0.121. The van der Waals surface area contributed by atoms with Crippen LogP contribution in [0.1, 0.15) is 16.7 Å². The SMILES string of the molecule is CCc1cc2c(=O)n(CC(=O)N/N=C/c3cccs3)cnc2s1. The molecule has 3 aromatic rings. The number of rotatable bonds is 5. The quantitative estimate of drug-likeness (QED) is 0.568. The maximum absolute atomic E-state index is 12.4. The number of aromatic nitrogens is 2. The van der Waals surface area contributed by atoms with Crippen LogP contribution >= 0.6 is 22.7 Å². The molecule has 0 bridgehead atoms. The van der Waals surface area contributed by atoms with Crippen LogP contribution in [0, 0.1) is 0 Å². The molecular formula is C15H14N4O2S2. The lowest BCUT2D eigenvalue weighted by atomic mass is 10.3. The number of amides is 1. The zero-order valence-electron chi connectivity index (χ0n) is 12.4. The molecule has 0 aromatic carbocycles. The number of fused-ring (bicyclic) bond motifs is 1. The largest absolute Gasteiger partial charge is 0.289 e. The standard InChI is InChI=1S/C15H14N4O2S2/c1-2-10-6-12-14(23-10)16-9-19(15(12)21)8-13(20)18-17-7-11-4-3-5-22-11/h3-7,9H,2,8H2,1H3,(H,18,20)/b17-7+. The van der Waals surface area contributed by atoms with Crippen molar-refractivity contribution in [3.05, 3.63) is 50.0 Å². The van der Waals surface area contributed by atoms with Gasteiger partial charge in [-0.05, 0) is 23.9 Å². The monoisotopic (exact) mass is 346 g/mol. The van der Waals surface area contributed by atoms with Gasteiger partial charge in [0.25, 0.3) is 11.5 Å². The van der Waals surface area contributed by atoms with Crippen LogP contribution in [0.3, 0.4) is 0 Å². The maximum Gasteiger partial charge on any atom is 0.262 e. The molecule has 0 unspecified atom stereocenters. The van der Waals surface area contributed by atoms with Crippen molar-refractivity contribution >= 4 is 45.0 Å². The van der Waals surface area contributed by atoms with E-state index in [2.05, 4.69) is 15.5 Å². The summed E-state index contributed by atoms with van der Waals surface area (Å²) in [4.78, 5) is 31.3. The van der Waals surface area contributed by atoms with E-state index in [9.17, 15) is 9.59 Å². The number of carbonyl (C=O) groups excluding carboxylic acids is 1. The van der Waals surface area contributed by atoms with Gasteiger partial charge in [-0.15, -0.1) is 22.7 Å². The smallest absolute Gasteiger partial charge is 0.262 e. The molecule has 118 valence electrons. The zero-order valence-corrected chi connectivity index (χ0v) is 14.0. The van der Waals surface area contributed by atoms with Gasteiger partial charge in [0, 0.05) is 9.75 Å². The molecule has 6 nitrogen and oxygen atoms in total. The number of thiophene rings is 2. The summed E-state index contributed by atoms with van der Waals surface area (Å²) in [6.45, 7) is 1.92. The lowest BCUT2D eigenvalue weighted by Crippen LogP contribution is -2.29. The van der Waals surface area contributed by atoms with E-state index in [1.807, 2.05) is 30.5 Å². The zero-order chi connectivity index (χ0) is 16.2. The first-order valence-electron chi connectivity index (χ1n) is 7.00. The Kier molecular flexibility index (Phi) is 4.63. The Balaban J connectivity index is 1.72. The average molecular weight is 346 g/mol. The second-order valence-corrected chi connectivity index (χ2v) is 6.87. The number of hydrogen-bond acceptors (Lipinski definition) is 6. The van der Waals surface area contributed by atoms with Gasteiger partial charge in [0.2, 0.25) is 0 Å². The van der Waals surface area contributed by atoms with Crippen LogP contribution in [-0.2, 0) is 17.8 Å². The molecule has 0 atom stereocenters. The third kappa shape index (κ3) is 3.54. The van der Waals surface area contributed by atoms with Crippen LogP contribution in [0.15, 0.2) is 39.8 Å². The number of aryl methyl sites for hydroxylation is 1. The van der Waals surface area contributed by atoms with Crippen molar-refractivity contribution in [3.8, 4) is 0 Å². The third-order valence-corrected chi connectivity index (χ3v) is 5.15. The topological polar surface area (TPSA) is 76.3 Å². The summed E-state index contributed by atoms with van der Waals surface area (Å²) in [6.07, 6.45) is 3.83. The fourth-order valence-corrected chi connectivity index (χ4v) is 3.53.